The van der Waals surface area contributed by atoms with Crippen molar-refractivity contribution < 1.29 is 28.3 Å². The van der Waals surface area contributed by atoms with Crippen LogP contribution in [0.15, 0.2) is 47.0 Å². The summed E-state index contributed by atoms with van der Waals surface area (Å²) in [5.41, 5.74) is 1.82. The van der Waals surface area contributed by atoms with Gasteiger partial charge in [-0.15, -0.1) is 0 Å². The fourth-order valence-electron chi connectivity index (χ4n) is 3.99. The van der Waals surface area contributed by atoms with Crippen LogP contribution < -0.4 is 14.2 Å². The normalized spacial score (nSPS) is 15.2. The van der Waals surface area contributed by atoms with Crippen molar-refractivity contribution in [2.75, 3.05) is 34.5 Å². The van der Waals surface area contributed by atoms with E-state index in [9.17, 15) is 4.79 Å². The molecule has 1 atom stereocenters. The lowest BCUT2D eigenvalue weighted by Gasteiger charge is -2.25. The molecule has 3 aromatic rings. The fraction of sp³-hybridized carbons (Fsp3) is 0.360. The molecule has 9 heteroatoms. The van der Waals surface area contributed by atoms with Crippen LogP contribution in [-0.2, 0) is 11.3 Å². The van der Waals surface area contributed by atoms with Crippen LogP contribution in [0.4, 0.5) is 0 Å². The van der Waals surface area contributed by atoms with Gasteiger partial charge >= 0.3 is 0 Å². The van der Waals surface area contributed by atoms with Crippen LogP contribution in [0.3, 0.4) is 0 Å². The number of hydrogen-bond donors (Lipinski definition) is 0. The van der Waals surface area contributed by atoms with Crippen molar-refractivity contribution in [3.63, 3.8) is 0 Å². The summed E-state index contributed by atoms with van der Waals surface area (Å²) in [5, 5.41) is 4.66. The summed E-state index contributed by atoms with van der Waals surface area (Å²) in [5.74, 6) is 1.77. The zero-order valence-electron chi connectivity index (χ0n) is 19.4. The van der Waals surface area contributed by atoms with Crippen molar-refractivity contribution in [3.05, 3.63) is 58.7 Å². The quantitative estimate of drug-likeness (QED) is 0.428. The maximum atomic E-state index is 13.5. The van der Waals surface area contributed by atoms with Crippen molar-refractivity contribution in [1.82, 2.24) is 10.1 Å². The molecule has 4 rings (SSSR count). The smallest absolute Gasteiger partial charge is 0.276 e. The van der Waals surface area contributed by atoms with Gasteiger partial charge in [0.2, 0.25) is 5.75 Å². The minimum absolute atomic E-state index is 0.0337. The van der Waals surface area contributed by atoms with E-state index in [1.807, 2.05) is 24.3 Å². The van der Waals surface area contributed by atoms with Gasteiger partial charge in [0.05, 0.1) is 27.4 Å². The van der Waals surface area contributed by atoms with E-state index in [1.54, 1.807) is 44.4 Å². The maximum Gasteiger partial charge on any atom is 0.276 e. The number of nitrogens with zero attached hydrogens (tertiary/aromatic N) is 2. The van der Waals surface area contributed by atoms with Crippen LogP contribution >= 0.6 is 11.6 Å². The molecule has 2 aromatic carbocycles. The first-order valence-corrected chi connectivity index (χ1v) is 11.3. The van der Waals surface area contributed by atoms with Gasteiger partial charge in [-0.05, 0) is 54.8 Å². The molecule has 8 nitrogen and oxygen atoms in total. The Morgan fingerprint density at radius 1 is 1.09 bits per heavy atom. The second-order valence-corrected chi connectivity index (χ2v) is 8.37. The number of rotatable bonds is 9. The first-order valence-electron chi connectivity index (χ1n) is 10.9. The van der Waals surface area contributed by atoms with Crippen LogP contribution in [0.1, 0.15) is 28.9 Å². The molecule has 1 fully saturated rings. The highest BCUT2D eigenvalue weighted by atomic mass is 35.5. The summed E-state index contributed by atoms with van der Waals surface area (Å²) in [6.07, 6.45) is 1.84. The molecule has 1 aliphatic rings. The van der Waals surface area contributed by atoms with Gasteiger partial charge in [-0.3, -0.25) is 4.79 Å². The lowest BCUT2D eigenvalue weighted by Crippen LogP contribution is -2.37. The zero-order valence-corrected chi connectivity index (χ0v) is 20.1. The number of ether oxygens (including phenoxy) is 4. The molecule has 180 valence electrons. The molecule has 0 bridgehead atoms. The molecule has 34 heavy (non-hydrogen) atoms. The molecule has 1 unspecified atom stereocenters. The summed E-state index contributed by atoms with van der Waals surface area (Å²) < 4.78 is 27.6. The first kappa shape index (κ1) is 23.9. The highest BCUT2D eigenvalue weighted by Gasteiger charge is 2.27. The molecule has 0 radical (unpaired) electrons. The Morgan fingerprint density at radius 2 is 1.79 bits per heavy atom. The molecule has 2 heterocycles. The molecule has 1 aliphatic heterocycles. The number of halogens is 1. The minimum Gasteiger partial charge on any atom is -0.493 e. The second-order valence-electron chi connectivity index (χ2n) is 7.94. The fourth-order valence-corrected chi connectivity index (χ4v) is 4.11. The van der Waals surface area contributed by atoms with Gasteiger partial charge in [0.25, 0.3) is 5.91 Å². The second kappa shape index (κ2) is 10.8. The van der Waals surface area contributed by atoms with Gasteiger partial charge in [-0.2, -0.15) is 0 Å². The van der Waals surface area contributed by atoms with Gasteiger partial charge in [0.15, 0.2) is 23.0 Å². The highest BCUT2D eigenvalue weighted by molar-refractivity contribution is 6.30. The maximum absolute atomic E-state index is 13.5. The van der Waals surface area contributed by atoms with E-state index in [2.05, 4.69) is 5.16 Å². The van der Waals surface area contributed by atoms with E-state index in [4.69, 9.17) is 35.1 Å². The van der Waals surface area contributed by atoms with Gasteiger partial charge in [0, 0.05) is 36.3 Å². The average Bonchev–Trinajstić information content (AvgIpc) is 3.55. The molecule has 1 saturated heterocycles. The monoisotopic (exact) mass is 486 g/mol. The van der Waals surface area contributed by atoms with Crippen LogP contribution in [0.25, 0.3) is 11.3 Å². The van der Waals surface area contributed by atoms with Gasteiger partial charge in [-0.1, -0.05) is 16.8 Å². The van der Waals surface area contributed by atoms with Crippen molar-refractivity contribution >= 4 is 17.5 Å². The van der Waals surface area contributed by atoms with Crippen molar-refractivity contribution in [1.29, 1.82) is 0 Å². The van der Waals surface area contributed by atoms with E-state index in [1.165, 1.54) is 0 Å². The summed E-state index contributed by atoms with van der Waals surface area (Å²) in [7, 11) is 4.67. The number of benzene rings is 2. The van der Waals surface area contributed by atoms with E-state index < -0.39 is 0 Å². The average molecular weight is 487 g/mol. The molecule has 1 amide bonds. The Balaban J connectivity index is 1.61. The van der Waals surface area contributed by atoms with Crippen molar-refractivity contribution in [2.24, 2.45) is 0 Å². The molecule has 0 N–H and O–H groups in total. The highest BCUT2D eigenvalue weighted by Crippen LogP contribution is 2.38. The minimum atomic E-state index is -0.256. The summed E-state index contributed by atoms with van der Waals surface area (Å²) in [6.45, 7) is 1.43. The van der Waals surface area contributed by atoms with Crippen LogP contribution in [0.2, 0.25) is 5.02 Å². The van der Waals surface area contributed by atoms with E-state index in [-0.39, 0.29) is 17.7 Å². The van der Waals surface area contributed by atoms with Gasteiger partial charge < -0.3 is 28.4 Å². The van der Waals surface area contributed by atoms with E-state index in [0.29, 0.717) is 47.7 Å². The Hall–Kier alpha value is -3.23. The number of hydrogen-bond acceptors (Lipinski definition) is 7. The third-order valence-corrected chi connectivity index (χ3v) is 5.94. The third-order valence-electron chi connectivity index (χ3n) is 5.69. The number of aromatic nitrogens is 1. The Labute approximate surface area is 203 Å². The van der Waals surface area contributed by atoms with Crippen molar-refractivity contribution in [3.8, 4) is 28.6 Å². The lowest BCUT2D eigenvalue weighted by molar-refractivity contribution is 0.0499. The Morgan fingerprint density at radius 3 is 2.38 bits per heavy atom. The standard InChI is InChI=1S/C25H27ClN2O6/c1-30-22-11-16(12-23(31-2)24(22)32-3)14-28(15-19-5-4-10-33-19)25(29)20-13-21(34-27-20)17-6-8-18(26)9-7-17/h6-9,11-13,19H,4-5,10,14-15H2,1-3H3. The molecular formula is C25H27ClN2O6. The first-order chi connectivity index (χ1) is 16.5. The predicted molar refractivity (Wildman–Crippen MR) is 127 cm³/mol. The molecule has 0 aliphatic carbocycles. The number of methoxy groups -OCH3 is 3. The summed E-state index contributed by atoms with van der Waals surface area (Å²) >= 11 is 5.97. The number of carbonyl (C=O) groups excluding carboxylic acids is 1. The van der Waals surface area contributed by atoms with E-state index in [0.717, 1.165) is 24.0 Å². The Bertz CT molecular complexity index is 1100. The van der Waals surface area contributed by atoms with Crippen molar-refractivity contribution in [2.45, 2.75) is 25.5 Å². The zero-order chi connectivity index (χ0) is 24.1. The Kier molecular flexibility index (Phi) is 7.59. The number of amides is 1. The van der Waals surface area contributed by atoms with Crippen LogP contribution in [0, 0.1) is 0 Å². The topological polar surface area (TPSA) is 83.3 Å². The molecular weight excluding hydrogens is 460 g/mol. The number of carbonyl (C=O) groups is 1. The third kappa shape index (κ3) is 5.29. The summed E-state index contributed by atoms with van der Waals surface area (Å²) in [4.78, 5) is 15.2. The van der Waals surface area contributed by atoms with Crippen LogP contribution in [0.5, 0.6) is 17.2 Å². The SMILES string of the molecule is COc1cc(CN(CC2CCCO2)C(=O)c2cc(-c3ccc(Cl)cc3)on2)cc(OC)c1OC. The van der Waals surface area contributed by atoms with Gasteiger partial charge in [0.1, 0.15) is 0 Å². The lowest BCUT2D eigenvalue weighted by atomic mass is 10.1. The molecule has 0 spiro atoms. The van der Waals surface area contributed by atoms with E-state index >= 15 is 0 Å². The molecule has 1 aromatic heterocycles. The summed E-state index contributed by atoms with van der Waals surface area (Å²) in [6, 6.07) is 12.5. The molecule has 0 saturated carbocycles. The largest absolute Gasteiger partial charge is 0.493 e. The predicted octanol–water partition coefficient (Wildman–Crippen LogP) is 4.84. The van der Waals surface area contributed by atoms with Crippen LogP contribution in [-0.4, -0.2) is 56.5 Å². The van der Waals surface area contributed by atoms with Gasteiger partial charge in [-0.25, -0.2) is 0 Å².